The molecule has 0 saturated heterocycles. The number of hydrogen-bond acceptors (Lipinski definition) is 1. The summed E-state index contributed by atoms with van der Waals surface area (Å²) in [5.74, 6) is 0. The quantitative estimate of drug-likeness (QED) is 0.206. The molecule has 0 radical (unpaired) electrons. The van der Waals surface area contributed by atoms with E-state index >= 15 is 0 Å². The lowest BCUT2D eigenvalue weighted by molar-refractivity contribution is 0.670. The first-order chi connectivity index (χ1) is 22.3. The Bertz CT molecular complexity index is 2760. The van der Waals surface area contributed by atoms with Crippen molar-refractivity contribution in [2.75, 3.05) is 0 Å². The van der Waals surface area contributed by atoms with Gasteiger partial charge in [0.15, 0.2) is 0 Å². The average Bonchev–Trinajstić information content (AvgIpc) is 3.76. The van der Waals surface area contributed by atoms with Gasteiger partial charge in [0, 0.05) is 49.3 Å². The van der Waals surface area contributed by atoms with Crippen LogP contribution in [-0.4, -0.2) is 9.13 Å². The van der Waals surface area contributed by atoms with Crippen molar-refractivity contribution in [1.29, 1.82) is 0 Å². The van der Waals surface area contributed by atoms with Gasteiger partial charge in [-0.1, -0.05) is 109 Å². The van der Waals surface area contributed by atoms with Crippen molar-refractivity contribution in [3.63, 3.8) is 0 Å². The van der Waals surface area contributed by atoms with Crippen LogP contribution in [-0.2, 0) is 0 Å². The predicted octanol–water partition coefficient (Wildman–Crippen LogP) is 11.4. The second-order valence-electron chi connectivity index (χ2n) is 11.7. The highest BCUT2D eigenvalue weighted by Gasteiger charge is 2.21. The molecular formula is C42H26N2O. The summed E-state index contributed by atoms with van der Waals surface area (Å²) in [4.78, 5) is 0. The highest BCUT2D eigenvalue weighted by molar-refractivity contribution is 6.26. The fourth-order valence-corrected chi connectivity index (χ4v) is 7.42. The van der Waals surface area contributed by atoms with Gasteiger partial charge in [0.05, 0.1) is 22.1 Å². The Morgan fingerprint density at radius 2 is 1.07 bits per heavy atom. The first-order valence-corrected chi connectivity index (χ1v) is 15.4. The monoisotopic (exact) mass is 574 g/mol. The zero-order chi connectivity index (χ0) is 29.5. The third kappa shape index (κ3) is 3.41. The second kappa shape index (κ2) is 9.22. The summed E-state index contributed by atoms with van der Waals surface area (Å²) in [5.41, 5.74) is 11.1. The Hall–Kier alpha value is -6.06. The van der Waals surface area contributed by atoms with Crippen LogP contribution in [0.4, 0.5) is 0 Å². The first kappa shape index (κ1) is 24.4. The van der Waals surface area contributed by atoms with Crippen molar-refractivity contribution in [3.05, 3.63) is 158 Å². The number of aromatic nitrogens is 2. The van der Waals surface area contributed by atoms with Gasteiger partial charge < -0.3 is 13.6 Å². The summed E-state index contributed by atoms with van der Waals surface area (Å²) < 4.78 is 11.3. The van der Waals surface area contributed by atoms with E-state index in [1.165, 1.54) is 43.6 Å². The van der Waals surface area contributed by atoms with Crippen molar-refractivity contribution in [3.8, 4) is 22.5 Å². The fraction of sp³-hybridized carbons (Fsp3) is 0. The van der Waals surface area contributed by atoms with Gasteiger partial charge >= 0.3 is 0 Å². The molecule has 210 valence electrons. The lowest BCUT2D eigenvalue weighted by Crippen LogP contribution is -1.96. The number of hydrogen-bond donors (Lipinski definition) is 0. The van der Waals surface area contributed by atoms with Crippen LogP contribution < -0.4 is 0 Å². The molecule has 7 aromatic carbocycles. The number of para-hydroxylation sites is 5. The molecule has 3 heteroatoms. The van der Waals surface area contributed by atoms with Crippen LogP contribution >= 0.6 is 0 Å². The Labute approximate surface area is 258 Å². The lowest BCUT2D eigenvalue weighted by atomic mass is 10.0. The van der Waals surface area contributed by atoms with Gasteiger partial charge in [0.2, 0.25) is 0 Å². The SMILES string of the molecule is c1ccc(-n2c3ccccc3c3c2ccc2c4ccccc4n(-c4cccc(-c5cccc6c5oc5ccccc56)c4)c23)cc1. The molecular weight excluding hydrogens is 548 g/mol. The van der Waals surface area contributed by atoms with Crippen molar-refractivity contribution in [2.45, 2.75) is 0 Å². The summed E-state index contributed by atoms with van der Waals surface area (Å²) in [5, 5.41) is 7.28. The standard InChI is InChI=1S/C42H26N2O/c1-2-13-28(14-3-1)43-37-22-8-5-18-35(37)40-38(43)25-24-33-31-16-4-7-21-36(31)44(41(33)40)29-15-10-12-27(26-29)30-19-11-20-34-32-17-6-9-23-39(32)45-42(30)34/h1-26H. The number of benzene rings is 7. The van der Waals surface area contributed by atoms with Crippen LogP contribution in [0, 0.1) is 0 Å². The van der Waals surface area contributed by atoms with Crippen LogP contribution in [0.3, 0.4) is 0 Å². The van der Waals surface area contributed by atoms with Gasteiger partial charge in [-0.25, -0.2) is 0 Å². The molecule has 0 N–H and O–H groups in total. The largest absolute Gasteiger partial charge is 0.455 e. The second-order valence-corrected chi connectivity index (χ2v) is 11.7. The number of nitrogens with zero attached hydrogens (tertiary/aromatic N) is 2. The zero-order valence-corrected chi connectivity index (χ0v) is 24.3. The highest BCUT2D eigenvalue weighted by atomic mass is 16.3. The minimum absolute atomic E-state index is 0.913. The molecule has 0 atom stereocenters. The van der Waals surface area contributed by atoms with Gasteiger partial charge in [-0.2, -0.15) is 0 Å². The maximum Gasteiger partial charge on any atom is 0.143 e. The molecule has 0 unspecified atom stereocenters. The molecule has 10 aromatic rings. The molecule has 0 aliphatic rings. The van der Waals surface area contributed by atoms with Gasteiger partial charge in [0.1, 0.15) is 11.2 Å². The van der Waals surface area contributed by atoms with Crippen molar-refractivity contribution >= 4 is 65.6 Å². The molecule has 3 nitrogen and oxygen atoms in total. The summed E-state index contributed by atoms with van der Waals surface area (Å²) in [6, 6.07) is 56.4. The summed E-state index contributed by atoms with van der Waals surface area (Å²) >= 11 is 0. The minimum Gasteiger partial charge on any atom is -0.455 e. The third-order valence-electron chi connectivity index (χ3n) is 9.30. The first-order valence-electron chi connectivity index (χ1n) is 15.4. The third-order valence-corrected chi connectivity index (χ3v) is 9.30. The lowest BCUT2D eigenvalue weighted by Gasteiger charge is -2.12. The van der Waals surface area contributed by atoms with Crippen LogP contribution in [0.1, 0.15) is 0 Å². The molecule has 10 rings (SSSR count). The number of furan rings is 1. The van der Waals surface area contributed by atoms with E-state index < -0.39 is 0 Å². The van der Waals surface area contributed by atoms with Crippen LogP contribution in [0.2, 0.25) is 0 Å². The van der Waals surface area contributed by atoms with Crippen molar-refractivity contribution < 1.29 is 4.42 Å². The minimum atomic E-state index is 0.913. The van der Waals surface area contributed by atoms with Crippen LogP contribution in [0.15, 0.2) is 162 Å². The van der Waals surface area contributed by atoms with E-state index in [2.05, 4.69) is 155 Å². The Morgan fingerprint density at radius 1 is 0.400 bits per heavy atom. The van der Waals surface area contributed by atoms with Gasteiger partial charge in [-0.3, -0.25) is 0 Å². The highest BCUT2D eigenvalue weighted by Crippen LogP contribution is 2.43. The molecule has 0 saturated carbocycles. The average molecular weight is 575 g/mol. The zero-order valence-electron chi connectivity index (χ0n) is 24.3. The molecule has 3 aromatic heterocycles. The molecule has 3 heterocycles. The number of fused-ring (bicyclic) bond motifs is 10. The van der Waals surface area contributed by atoms with Crippen molar-refractivity contribution in [1.82, 2.24) is 9.13 Å². The van der Waals surface area contributed by atoms with E-state index in [1.54, 1.807) is 0 Å². The van der Waals surface area contributed by atoms with Crippen LogP contribution in [0.5, 0.6) is 0 Å². The van der Waals surface area contributed by atoms with E-state index in [-0.39, 0.29) is 0 Å². The molecule has 0 aliphatic heterocycles. The summed E-state index contributed by atoms with van der Waals surface area (Å²) in [6.45, 7) is 0. The molecule has 0 amide bonds. The topological polar surface area (TPSA) is 23.0 Å². The van der Waals surface area contributed by atoms with Gasteiger partial charge in [-0.15, -0.1) is 0 Å². The molecule has 0 bridgehead atoms. The maximum atomic E-state index is 6.45. The van der Waals surface area contributed by atoms with E-state index in [1.807, 2.05) is 12.1 Å². The normalized spacial score (nSPS) is 12.0. The maximum absolute atomic E-state index is 6.45. The van der Waals surface area contributed by atoms with Crippen LogP contribution in [0.25, 0.3) is 88.1 Å². The van der Waals surface area contributed by atoms with Crippen molar-refractivity contribution in [2.24, 2.45) is 0 Å². The van der Waals surface area contributed by atoms with E-state index in [0.717, 1.165) is 44.4 Å². The van der Waals surface area contributed by atoms with E-state index in [4.69, 9.17) is 4.42 Å². The van der Waals surface area contributed by atoms with E-state index in [9.17, 15) is 0 Å². The summed E-state index contributed by atoms with van der Waals surface area (Å²) in [7, 11) is 0. The van der Waals surface area contributed by atoms with E-state index in [0.29, 0.717) is 0 Å². The predicted molar refractivity (Wildman–Crippen MR) is 188 cm³/mol. The fourth-order valence-electron chi connectivity index (χ4n) is 7.42. The number of rotatable bonds is 3. The molecule has 45 heavy (non-hydrogen) atoms. The molecule has 0 fully saturated rings. The van der Waals surface area contributed by atoms with Gasteiger partial charge in [-0.05, 0) is 54.1 Å². The van der Waals surface area contributed by atoms with Gasteiger partial charge in [0.25, 0.3) is 0 Å². The summed E-state index contributed by atoms with van der Waals surface area (Å²) in [6.07, 6.45) is 0. The smallest absolute Gasteiger partial charge is 0.143 e. The Balaban J connectivity index is 1.31. The molecule has 0 spiro atoms. The Morgan fingerprint density at radius 3 is 1.93 bits per heavy atom. The Kier molecular flexibility index (Phi) is 5.00. The molecule has 0 aliphatic carbocycles.